The van der Waals surface area contributed by atoms with Crippen LogP contribution in [-0.4, -0.2) is 50.8 Å². The molecule has 4 aliphatic carbocycles. The zero-order valence-electron chi connectivity index (χ0n) is 24.2. The highest BCUT2D eigenvalue weighted by atomic mass is 16.7. The molecule has 0 radical (unpaired) electrons. The fourth-order valence-corrected chi connectivity index (χ4v) is 9.32. The van der Waals surface area contributed by atoms with Crippen LogP contribution in [0, 0.1) is 28.6 Å². The molecule has 5 aliphatic rings. The average Bonchev–Trinajstić information content (AvgIpc) is 3.59. The van der Waals surface area contributed by atoms with E-state index < -0.39 is 47.3 Å². The molecule has 1 aromatic carbocycles. The van der Waals surface area contributed by atoms with Gasteiger partial charge in [-0.2, -0.15) is 0 Å². The van der Waals surface area contributed by atoms with Crippen molar-refractivity contribution < 1.29 is 34.0 Å². The molecule has 2 aromatic rings. The van der Waals surface area contributed by atoms with E-state index >= 15 is 0 Å². The molecular weight excluding hydrogens is 536 g/mol. The van der Waals surface area contributed by atoms with E-state index in [0.717, 1.165) is 18.4 Å². The summed E-state index contributed by atoms with van der Waals surface area (Å²) < 4.78 is 21.2. The standard InChI is InChI=1S/C33H38N2O7/c1-31-13-12-20(37)14-18(31)4-9-22-23-15-27-33(26(39)17-36,32(23,2)16-25(38)29(22)31)42-30(41-27)24-10-11-28(35(24)3)40-21-7-5-19(34)6-8-21/h5-8,10-14,22-23,25,27,29-30,36,38H,4,9,15-17,34H2,1-3H3/t22-,23-,25-,27+,29+,30+,31-,32-,33+/m0/s1. The predicted octanol–water partition coefficient (Wildman–Crippen LogP) is 4.00. The number of aromatic nitrogens is 1. The molecule has 42 heavy (non-hydrogen) atoms. The first-order chi connectivity index (χ1) is 20.0. The SMILES string of the molecule is Cn1c(Oc2ccc(N)cc2)ccc1[C@@H]1O[C@@H]2C[C@H]3[C@@H]4CCC5=CC(=O)C=C[C@]5(C)[C@H]4[C@@H](O)C[C@]3(C)[C@]2(C(=O)CO)O1. The Morgan fingerprint density at radius 2 is 1.95 bits per heavy atom. The third-order valence-corrected chi connectivity index (χ3v) is 11.3. The summed E-state index contributed by atoms with van der Waals surface area (Å²) in [5.74, 6) is 0.837. The number of Topliss-reactive ketones (excluding diaryl/α,β-unsaturated/α-hetero) is 1. The number of anilines is 1. The normalized spacial score (nSPS) is 40.1. The van der Waals surface area contributed by atoms with E-state index in [-0.39, 0.29) is 23.5 Å². The van der Waals surface area contributed by atoms with Crippen LogP contribution in [0.15, 0.2) is 60.2 Å². The largest absolute Gasteiger partial charge is 0.441 e. The number of carbonyl (C=O) groups is 2. The number of carbonyl (C=O) groups excluding carboxylic acids is 2. The van der Waals surface area contributed by atoms with Gasteiger partial charge in [-0.3, -0.25) is 9.59 Å². The van der Waals surface area contributed by atoms with Gasteiger partial charge in [0.05, 0.1) is 17.9 Å². The van der Waals surface area contributed by atoms with Crippen molar-refractivity contribution in [1.82, 2.24) is 4.57 Å². The van der Waals surface area contributed by atoms with Crippen LogP contribution in [0.3, 0.4) is 0 Å². The molecule has 0 unspecified atom stereocenters. The number of hydrogen-bond acceptors (Lipinski definition) is 8. The number of ether oxygens (including phenoxy) is 3. The van der Waals surface area contributed by atoms with Gasteiger partial charge in [-0.05, 0) is 80.0 Å². The van der Waals surface area contributed by atoms with E-state index in [1.807, 2.05) is 36.7 Å². The summed E-state index contributed by atoms with van der Waals surface area (Å²) in [5.41, 5.74) is 5.63. The number of nitrogens with two attached hydrogens (primary N) is 1. The Morgan fingerprint density at radius 1 is 1.19 bits per heavy atom. The van der Waals surface area contributed by atoms with Crippen molar-refractivity contribution in [1.29, 1.82) is 0 Å². The number of nitrogen functional groups attached to an aromatic ring is 1. The first kappa shape index (κ1) is 27.6. The number of hydrogen-bond donors (Lipinski definition) is 3. The van der Waals surface area contributed by atoms with Crippen LogP contribution in [-0.2, 0) is 26.1 Å². The molecule has 1 saturated heterocycles. The Bertz CT molecular complexity index is 1510. The molecule has 1 aromatic heterocycles. The fourth-order valence-electron chi connectivity index (χ4n) is 9.32. The summed E-state index contributed by atoms with van der Waals surface area (Å²) in [5, 5.41) is 22.0. The molecule has 1 aliphatic heterocycles. The van der Waals surface area contributed by atoms with E-state index in [1.54, 1.807) is 36.4 Å². The lowest BCUT2D eigenvalue weighted by Crippen LogP contribution is -2.63. The first-order valence-electron chi connectivity index (χ1n) is 14.8. The van der Waals surface area contributed by atoms with Crippen LogP contribution in [0.2, 0.25) is 0 Å². The van der Waals surface area contributed by atoms with Gasteiger partial charge in [-0.1, -0.05) is 25.5 Å². The molecule has 0 bridgehead atoms. The van der Waals surface area contributed by atoms with Gasteiger partial charge in [-0.15, -0.1) is 0 Å². The molecule has 4 N–H and O–H groups in total. The molecule has 222 valence electrons. The van der Waals surface area contributed by atoms with E-state index in [4.69, 9.17) is 19.9 Å². The minimum Gasteiger partial charge on any atom is -0.441 e. The van der Waals surface area contributed by atoms with E-state index in [9.17, 15) is 19.8 Å². The lowest BCUT2D eigenvalue weighted by atomic mass is 9.46. The number of nitrogens with zero attached hydrogens (tertiary/aromatic N) is 1. The number of aliphatic hydroxyl groups excluding tert-OH is 2. The smallest absolute Gasteiger partial charge is 0.200 e. The molecule has 9 atom stereocenters. The van der Waals surface area contributed by atoms with E-state index in [1.165, 1.54) is 0 Å². The Hall–Kier alpha value is -3.24. The number of rotatable bonds is 5. The first-order valence-corrected chi connectivity index (χ1v) is 14.8. The van der Waals surface area contributed by atoms with Gasteiger partial charge in [0.15, 0.2) is 23.0 Å². The topological polar surface area (TPSA) is 133 Å². The lowest BCUT2D eigenvalue weighted by Gasteiger charge is -2.59. The maximum absolute atomic E-state index is 13.8. The van der Waals surface area contributed by atoms with Gasteiger partial charge >= 0.3 is 0 Å². The van der Waals surface area contributed by atoms with Crippen LogP contribution < -0.4 is 10.5 Å². The summed E-state index contributed by atoms with van der Waals surface area (Å²) in [6.45, 7) is 3.48. The number of aliphatic hydroxyl groups is 2. The summed E-state index contributed by atoms with van der Waals surface area (Å²) >= 11 is 0. The maximum Gasteiger partial charge on any atom is 0.200 e. The van der Waals surface area contributed by atoms with Gasteiger partial charge in [0.1, 0.15) is 12.4 Å². The lowest BCUT2D eigenvalue weighted by molar-refractivity contribution is -0.202. The van der Waals surface area contributed by atoms with Crippen molar-refractivity contribution >= 4 is 17.3 Å². The fraction of sp³-hybridized carbons (Fsp3) is 0.515. The quantitative estimate of drug-likeness (QED) is 0.457. The van der Waals surface area contributed by atoms with Gasteiger partial charge < -0.3 is 34.7 Å². The molecule has 4 fully saturated rings. The van der Waals surface area contributed by atoms with Crippen LogP contribution in [0.4, 0.5) is 5.69 Å². The number of fused-ring (bicyclic) bond motifs is 7. The Morgan fingerprint density at radius 3 is 2.69 bits per heavy atom. The van der Waals surface area contributed by atoms with E-state index in [0.29, 0.717) is 35.9 Å². The summed E-state index contributed by atoms with van der Waals surface area (Å²) in [6, 6.07) is 10.8. The Kier molecular flexibility index (Phi) is 6.16. The Balaban J connectivity index is 1.21. The van der Waals surface area contributed by atoms with Gasteiger partial charge in [0.2, 0.25) is 6.29 Å². The van der Waals surface area contributed by atoms with Crippen LogP contribution in [0.1, 0.15) is 51.5 Å². The van der Waals surface area contributed by atoms with Crippen LogP contribution in [0.5, 0.6) is 11.6 Å². The maximum atomic E-state index is 13.8. The number of ketones is 2. The third-order valence-electron chi connectivity index (χ3n) is 11.3. The second-order valence-corrected chi connectivity index (χ2v) is 13.2. The minimum absolute atomic E-state index is 0.00510. The van der Waals surface area contributed by atoms with Crippen molar-refractivity contribution in [3.05, 3.63) is 65.9 Å². The second kappa shape index (κ2) is 9.38. The highest BCUT2D eigenvalue weighted by Gasteiger charge is 2.76. The van der Waals surface area contributed by atoms with Crippen molar-refractivity contribution in [2.45, 2.75) is 63.6 Å². The molecular formula is C33H38N2O7. The number of benzene rings is 1. The zero-order chi connectivity index (χ0) is 29.6. The molecule has 9 nitrogen and oxygen atoms in total. The summed E-state index contributed by atoms with van der Waals surface area (Å²) in [4.78, 5) is 25.9. The van der Waals surface area contributed by atoms with Gasteiger partial charge in [0, 0.05) is 35.5 Å². The molecule has 0 amide bonds. The van der Waals surface area contributed by atoms with Crippen molar-refractivity contribution in [3.63, 3.8) is 0 Å². The highest BCUT2D eigenvalue weighted by molar-refractivity contribution is 6.01. The van der Waals surface area contributed by atoms with Gasteiger partial charge in [-0.25, -0.2) is 0 Å². The zero-order valence-corrected chi connectivity index (χ0v) is 24.2. The van der Waals surface area contributed by atoms with Crippen molar-refractivity contribution in [2.75, 3.05) is 12.3 Å². The highest BCUT2D eigenvalue weighted by Crippen LogP contribution is 2.70. The number of allylic oxidation sites excluding steroid dienone is 4. The van der Waals surface area contributed by atoms with Crippen LogP contribution >= 0.6 is 0 Å². The molecule has 7 rings (SSSR count). The van der Waals surface area contributed by atoms with Crippen molar-refractivity contribution in [3.8, 4) is 11.6 Å². The molecule has 2 heterocycles. The molecule has 0 spiro atoms. The second-order valence-electron chi connectivity index (χ2n) is 13.2. The minimum atomic E-state index is -1.40. The molecule has 3 saturated carbocycles. The average molecular weight is 575 g/mol. The van der Waals surface area contributed by atoms with E-state index in [2.05, 4.69) is 6.92 Å². The summed E-state index contributed by atoms with van der Waals surface area (Å²) in [6.07, 6.45) is 5.68. The summed E-state index contributed by atoms with van der Waals surface area (Å²) in [7, 11) is 1.85. The van der Waals surface area contributed by atoms with Crippen molar-refractivity contribution in [2.24, 2.45) is 35.6 Å². The van der Waals surface area contributed by atoms with Crippen LogP contribution in [0.25, 0.3) is 0 Å². The monoisotopic (exact) mass is 574 g/mol. The molecule has 9 heteroatoms. The van der Waals surface area contributed by atoms with Gasteiger partial charge in [0.25, 0.3) is 0 Å². The Labute approximate surface area is 244 Å². The third kappa shape index (κ3) is 3.63. The predicted molar refractivity (Wildman–Crippen MR) is 153 cm³/mol.